The van der Waals surface area contributed by atoms with E-state index in [1.165, 1.54) is 44.9 Å². The van der Waals surface area contributed by atoms with E-state index in [-0.39, 0.29) is 0 Å². The normalized spacial score (nSPS) is 10.3. The molecule has 0 aliphatic heterocycles. The molecule has 0 saturated heterocycles. The maximum absolute atomic E-state index is 10.7. The Balaban J connectivity index is 3.20. The molecule has 0 aromatic carbocycles. The quantitative estimate of drug-likeness (QED) is 0.326. The Labute approximate surface area is 110 Å². The van der Waals surface area contributed by atoms with Gasteiger partial charge in [-0.05, 0) is 6.42 Å². The van der Waals surface area contributed by atoms with Crippen molar-refractivity contribution in [3.05, 3.63) is 4.91 Å². The molecular weight excluding hydrogens is 230 g/mol. The lowest BCUT2D eigenvalue weighted by molar-refractivity contribution is 0.207. The molecule has 0 rings (SSSR count). The fraction of sp³-hybridized carbons (Fsp3) is 0.923. The van der Waals surface area contributed by atoms with Crippen molar-refractivity contribution in [2.24, 2.45) is 11.0 Å². The average molecular weight is 257 g/mol. The van der Waals surface area contributed by atoms with E-state index in [1.807, 2.05) is 0 Å². The number of unbranched alkanes of at least 4 members (excludes halogenated alkanes) is 9. The first-order valence-corrected chi connectivity index (χ1v) is 7.12. The van der Waals surface area contributed by atoms with E-state index in [2.05, 4.69) is 12.2 Å². The van der Waals surface area contributed by atoms with Gasteiger partial charge >= 0.3 is 6.03 Å². The van der Waals surface area contributed by atoms with Crippen LogP contribution >= 0.6 is 0 Å². The molecule has 0 aromatic heterocycles. The van der Waals surface area contributed by atoms with Gasteiger partial charge in [0.25, 0.3) is 0 Å². The van der Waals surface area contributed by atoms with E-state index in [1.54, 1.807) is 0 Å². The molecule has 0 saturated carbocycles. The van der Waals surface area contributed by atoms with E-state index in [0.29, 0.717) is 6.54 Å². The second kappa shape index (κ2) is 12.3. The van der Waals surface area contributed by atoms with Crippen LogP contribution in [0.5, 0.6) is 0 Å². The van der Waals surface area contributed by atoms with Crippen LogP contribution < -0.4 is 5.73 Å². The Morgan fingerprint density at radius 2 is 1.39 bits per heavy atom. The summed E-state index contributed by atoms with van der Waals surface area (Å²) in [6.07, 6.45) is 12.2. The molecule has 0 spiro atoms. The number of primary amides is 1. The Morgan fingerprint density at radius 1 is 0.944 bits per heavy atom. The minimum absolute atomic E-state index is 0.343. The summed E-state index contributed by atoms with van der Waals surface area (Å²) in [6.45, 7) is 2.57. The molecule has 5 heteroatoms. The van der Waals surface area contributed by atoms with Crippen molar-refractivity contribution >= 4 is 6.03 Å². The standard InChI is InChI=1S/C13H27N3O2/c1-2-3-4-5-6-7-8-9-10-11-12-16(15-18)13(14)17/h2-12H2,1H3,(H2,14,17). The number of nitrogens with zero attached hydrogens (tertiary/aromatic N) is 2. The van der Waals surface area contributed by atoms with Gasteiger partial charge in [-0.3, -0.25) is 0 Å². The zero-order chi connectivity index (χ0) is 13.6. The maximum atomic E-state index is 10.7. The summed E-state index contributed by atoms with van der Waals surface area (Å²) in [5.41, 5.74) is 4.96. The lowest BCUT2D eigenvalue weighted by Gasteiger charge is -2.09. The molecule has 0 heterocycles. The number of nitroso groups, excluding NO2 is 1. The molecule has 5 nitrogen and oxygen atoms in total. The summed E-state index contributed by atoms with van der Waals surface area (Å²) in [7, 11) is 0. The van der Waals surface area contributed by atoms with Crippen molar-refractivity contribution in [2.45, 2.75) is 71.1 Å². The Bertz CT molecular complexity index is 222. The third-order valence-electron chi connectivity index (χ3n) is 3.08. The molecule has 106 valence electrons. The summed E-state index contributed by atoms with van der Waals surface area (Å²) in [6, 6.07) is -0.763. The highest BCUT2D eigenvalue weighted by Gasteiger charge is 2.07. The van der Waals surface area contributed by atoms with E-state index in [0.717, 1.165) is 24.3 Å². The lowest BCUT2D eigenvalue weighted by Crippen LogP contribution is -2.31. The zero-order valence-corrected chi connectivity index (χ0v) is 11.6. The molecule has 0 radical (unpaired) electrons. The fourth-order valence-corrected chi connectivity index (χ4v) is 1.94. The third-order valence-corrected chi connectivity index (χ3v) is 3.08. The maximum Gasteiger partial charge on any atom is 0.337 e. The molecule has 0 bridgehead atoms. The molecule has 0 aliphatic carbocycles. The molecule has 18 heavy (non-hydrogen) atoms. The summed E-state index contributed by atoms with van der Waals surface area (Å²) in [4.78, 5) is 20.9. The fourth-order valence-electron chi connectivity index (χ4n) is 1.94. The van der Waals surface area contributed by atoms with Gasteiger partial charge in [0.2, 0.25) is 0 Å². The molecule has 2 N–H and O–H groups in total. The van der Waals surface area contributed by atoms with Gasteiger partial charge in [0, 0.05) is 6.54 Å². The lowest BCUT2D eigenvalue weighted by atomic mass is 10.1. The number of urea groups is 1. The number of carbonyl (C=O) groups excluding carboxylic acids is 1. The molecule has 0 fully saturated rings. The van der Waals surface area contributed by atoms with E-state index < -0.39 is 6.03 Å². The highest BCUT2D eigenvalue weighted by Crippen LogP contribution is 2.10. The Hall–Kier alpha value is -1.13. The minimum Gasteiger partial charge on any atom is -0.350 e. The van der Waals surface area contributed by atoms with Crippen LogP contribution in [-0.4, -0.2) is 17.6 Å². The van der Waals surface area contributed by atoms with Crippen molar-refractivity contribution < 1.29 is 4.79 Å². The Morgan fingerprint density at radius 3 is 1.78 bits per heavy atom. The van der Waals surface area contributed by atoms with E-state index in [4.69, 9.17) is 5.73 Å². The van der Waals surface area contributed by atoms with Crippen molar-refractivity contribution in [3.63, 3.8) is 0 Å². The molecule has 0 atom stereocenters. The van der Waals surface area contributed by atoms with Gasteiger partial charge in [-0.1, -0.05) is 64.7 Å². The predicted octanol–water partition coefficient (Wildman–Crippen LogP) is 3.97. The number of amides is 2. The van der Waals surface area contributed by atoms with Crippen molar-refractivity contribution in [1.29, 1.82) is 0 Å². The third kappa shape index (κ3) is 10.1. The zero-order valence-electron chi connectivity index (χ0n) is 11.6. The number of hydrogen-bond acceptors (Lipinski definition) is 3. The van der Waals surface area contributed by atoms with Gasteiger partial charge in [-0.2, -0.15) is 5.01 Å². The topological polar surface area (TPSA) is 75.8 Å². The van der Waals surface area contributed by atoms with Crippen LogP contribution in [0.2, 0.25) is 0 Å². The number of carbonyl (C=O) groups is 1. The number of hydrogen-bond donors (Lipinski definition) is 1. The summed E-state index contributed by atoms with van der Waals surface area (Å²) in [5, 5.41) is 3.35. The molecule has 2 amide bonds. The monoisotopic (exact) mass is 257 g/mol. The molecule has 0 aliphatic rings. The number of rotatable bonds is 12. The van der Waals surface area contributed by atoms with Crippen molar-refractivity contribution in [2.75, 3.05) is 6.54 Å². The molecule has 0 aromatic rings. The smallest absolute Gasteiger partial charge is 0.337 e. The van der Waals surface area contributed by atoms with Gasteiger partial charge in [-0.15, -0.1) is 4.91 Å². The largest absolute Gasteiger partial charge is 0.350 e. The highest BCUT2D eigenvalue weighted by atomic mass is 16.3. The van der Waals surface area contributed by atoms with Crippen LogP contribution in [0.15, 0.2) is 5.29 Å². The van der Waals surface area contributed by atoms with Crippen LogP contribution in [0.1, 0.15) is 71.1 Å². The van der Waals surface area contributed by atoms with Crippen molar-refractivity contribution in [3.8, 4) is 0 Å². The first-order valence-electron chi connectivity index (χ1n) is 7.12. The van der Waals surface area contributed by atoms with Crippen LogP contribution in [0.3, 0.4) is 0 Å². The van der Waals surface area contributed by atoms with Crippen LogP contribution in [0, 0.1) is 4.91 Å². The number of nitrogens with two attached hydrogens (primary N) is 1. The SMILES string of the molecule is CCCCCCCCCCCCN(N=O)C(N)=O. The second-order valence-corrected chi connectivity index (χ2v) is 4.73. The van der Waals surface area contributed by atoms with Crippen molar-refractivity contribution in [1.82, 2.24) is 5.01 Å². The highest BCUT2D eigenvalue weighted by molar-refractivity contribution is 5.71. The van der Waals surface area contributed by atoms with Gasteiger partial charge in [-0.25, -0.2) is 4.79 Å². The van der Waals surface area contributed by atoms with E-state index >= 15 is 0 Å². The summed E-state index contributed by atoms with van der Waals surface area (Å²) >= 11 is 0. The first-order chi connectivity index (χ1) is 8.72. The minimum atomic E-state index is -0.763. The van der Waals surface area contributed by atoms with Gasteiger partial charge in [0.1, 0.15) is 0 Å². The second-order valence-electron chi connectivity index (χ2n) is 4.73. The summed E-state index contributed by atoms with van der Waals surface area (Å²) in [5.74, 6) is 0. The van der Waals surface area contributed by atoms with Gasteiger partial charge in [0.05, 0.1) is 5.29 Å². The molecule has 0 unspecified atom stereocenters. The average Bonchev–Trinajstić information content (AvgIpc) is 2.35. The van der Waals surface area contributed by atoms with Crippen LogP contribution in [0.4, 0.5) is 4.79 Å². The van der Waals surface area contributed by atoms with Crippen LogP contribution in [0.25, 0.3) is 0 Å². The molecular formula is C13H27N3O2. The van der Waals surface area contributed by atoms with E-state index in [9.17, 15) is 9.70 Å². The first kappa shape index (κ1) is 16.9. The van der Waals surface area contributed by atoms with Gasteiger partial charge in [0.15, 0.2) is 0 Å². The van der Waals surface area contributed by atoms with Crippen LogP contribution in [-0.2, 0) is 0 Å². The summed E-state index contributed by atoms with van der Waals surface area (Å²) < 4.78 is 0. The Kier molecular flexibility index (Phi) is 11.6. The van der Waals surface area contributed by atoms with Gasteiger partial charge < -0.3 is 5.73 Å². The predicted molar refractivity (Wildman–Crippen MR) is 73.9 cm³/mol.